The SMILES string of the molecule is O[C@H]1C[C@H]2C[C@@]3(CCCCCO3)NC3=[N+]2[C@H]1C[C@]1(CCCCO1)N3. The molecule has 0 aromatic rings. The molecule has 5 heterocycles. The first kappa shape index (κ1) is 15.4. The van der Waals surface area contributed by atoms with E-state index in [0.717, 1.165) is 64.1 Å². The van der Waals surface area contributed by atoms with Gasteiger partial charge in [0.05, 0.1) is 25.4 Å². The molecule has 5 atom stereocenters. The summed E-state index contributed by atoms with van der Waals surface area (Å²) in [6.45, 7) is 1.65. The van der Waals surface area contributed by atoms with Crippen molar-refractivity contribution in [3.63, 3.8) is 0 Å². The van der Waals surface area contributed by atoms with Crippen LogP contribution in [-0.4, -0.2) is 58.5 Å². The Bertz CT molecular complexity index is 536. The molecule has 5 rings (SSSR count). The normalized spacial score (nSPS) is 48.0. The van der Waals surface area contributed by atoms with Crippen LogP contribution in [0.15, 0.2) is 0 Å². The molecule has 3 N–H and O–H groups in total. The maximum atomic E-state index is 10.7. The zero-order valence-corrected chi connectivity index (χ0v) is 14.4. The lowest BCUT2D eigenvalue weighted by atomic mass is 9.91. The summed E-state index contributed by atoms with van der Waals surface area (Å²) in [6, 6.07) is 0.535. The standard InChI is InChI=1S/C18H29N3O3/c22-15-10-13-11-17(6-2-1-4-8-23-17)19-16-20-18(7-3-5-9-24-18)12-14(15)21(13)16/h13-15,22H,1-12H2,(H,19,20)/p+1/t13-,14-,15-,17-,18+/m0/s1. The number of aliphatic hydroxyl groups is 1. The molecule has 0 radical (unpaired) electrons. The topological polar surface area (TPSA) is 65.8 Å². The van der Waals surface area contributed by atoms with E-state index in [1.54, 1.807) is 0 Å². The Hall–Kier alpha value is -0.850. The molecule has 134 valence electrons. The Morgan fingerprint density at radius 1 is 0.917 bits per heavy atom. The predicted octanol–water partition coefficient (Wildman–Crippen LogP) is 1.03. The van der Waals surface area contributed by atoms with Crippen LogP contribution in [0.25, 0.3) is 0 Å². The van der Waals surface area contributed by atoms with Gasteiger partial charge in [-0.2, -0.15) is 0 Å². The van der Waals surface area contributed by atoms with E-state index in [1.165, 1.54) is 19.3 Å². The maximum absolute atomic E-state index is 10.7. The third kappa shape index (κ3) is 2.37. The molecule has 0 amide bonds. The molecule has 6 nitrogen and oxygen atoms in total. The van der Waals surface area contributed by atoms with E-state index in [1.807, 2.05) is 0 Å². The molecular weight excluding hydrogens is 306 g/mol. The first-order valence-electron chi connectivity index (χ1n) is 9.86. The number of hydrogen-bond donors (Lipinski definition) is 3. The van der Waals surface area contributed by atoms with Gasteiger partial charge in [0.2, 0.25) is 0 Å². The van der Waals surface area contributed by atoms with Crippen molar-refractivity contribution in [1.82, 2.24) is 10.6 Å². The van der Waals surface area contributed by atoms with E-state index in [0.29, 0.717) is 6.04 Å². The first-order valence-corrected chi connectivity index (χ1v) is 9.86. The number of nitrogens with one attached hydrogen (secondary N) is 2. The van der Waals surface area contributed by atoms with Gasteiger partial charge < -0.3 is 14.6 Å². The van der Waals surface area contributed by atoms with Crippen LogP contribution in [0.5, 0.6) is 0 Å². The average molecular weight is 336 g/mol. The Labute approximate surface area is 143 Å². The lowest BCUT2D eigenvalue weighted by molar-refractivity contribution is -0.606. The van der Waals surface area contributed by atoms with Crippen molar-refractivity contribution in [2.45, 2.75) is 93.8 Å². The number of hydrogen-bond acceptors (Lipinski definition) is 5. The van der Waals surface area contributed by atoms with Crippen LogP contribution in [0, 0.1) is 0 Å². The summed E-state index contributed by atoms with van der Waals surface area (Å²) in [5.74, 6) is 1.04. The molecule has 0 aliphatic carbocycles. The van der Waals surface area contributed by atoms with E-state index in [4.69, 9.17) is 9.47 Å². The molecule has 0 aromatic carbocycles. The lowest BCUT2D eigenvalue weighted by Gasteiger charge is -2.46. The molecule has 0 saturated carbocycles. The summed E-state index contributed by atoms with van der Waals surface area (Å²) in [7, 11) is 0. The van der Waals surface area contributed by atoms with Crippen molar-refractivity contribution >= 4 is 5.96 Å². The summed E-state index contributed by atoms with van der Waals surface area (Å²) in [5.41, 5.74) is -0.567. The van der Waals surface area contributed by atoms with Crippen LogP contribution in [0.2, 0.25) is 0 Å². The molecule has 0 aromatic heterocycles. The largest absolute Gasteiger partial charge is 0.389 e. The fourth-order valence-electron chi connectivity index (χ4n) is 5.58. The third-order valence-corrected chi connectivity index (χ3v) is 6.72. The highest BCUT2D eigenvalue weighted by molar-refractivity contribution is 5.77. The highest BCUT2D eigenvalue weighted by Gasteiger charge is 2.59. The van der Waals surface area contributed by atoms with Gasteiger partial charge in [0.25, 0.3) is 0 Å². The fraction of sp³-hybridized carbons (Fsp3) is 0.944. The molecule has 5 aliphatic heterocycles. The third-order valence-electron chi connectivity index (χ3n) is 6.72. The number of aliphatic hydroxyl groups excluding tert-OH is 1. The zero-order chi connectivity index (χ0) is 16.2. The first-order chi connectivity index (χ1) is 11.7. The number of ether oxygens (including phenoxy) is 2. The van der Waals surface area contributed by atoms with E-state index >= 15 is 0 Å². The zero-order valence-electron chi connectivity index (χ0n) is 14.4. The van der Waals surface area contributed by atoms with Gasteiger partial charge in [-0.05, 0) is 25.7 Å². The van der Waals surface area contributed by atoms with E-state index in [-0.39, 0.29) is 23.6 Å². The Morgan fingerprint density at radius 3 is 2.38 bits per heavy atom. The van der Waals surface area contributed by atoms with E-state index in [2.05, 4.69) is 15.2 Å². The fourth-order valence-corrected chi connectivity index (χ4v) is 5.58. The molecule has 3 fully saturated rings. The van der Waals surface area contributed by atoms with Gasteiger partial charge in [-0.1, -0.05) is 6.42 Å². The Balaban J connectivity index is 1.49. The number of rotatable bonds is 0. The van der Waals surface area contributed by atoms with Gasteiger partial charge in [-0.25, -0.2) is 10.6 Å². The van der Waals surface area contributed by atoms with Crippen LogP contribution < -0.4 is 10.6 Å². The monoisotopic (exact) mass is 336 g/mol. The predicted molar refractivity (Wildman–Crippen MR) is 88.7 cm³/mol. The van der Waals surface area contributed by atoms with Crippen molar-refractivity contribution in [2.75, 3.05) is 13.2 Å². The second kappa shape index (κ2) is 5.58. The second-order valence-corrected chi connectivity index (χ2v) is 8.39. The average Bonchev–Trinajstić information content (AvgIpc) is 2.74. The summed E-state index contributed by atoms with van der Waals surface area (Å²) >= 11 is 0. The van der Waals surface area contributed by atoms with Gasteiger partial charge in [0.1, 0.15) is 6.04 Å². The van der Waals surface area contributed by atoms with Crippen LogP contribution >= 0.6 is 0 Å². The van der Waals surface area contributed by atoms with Crippen molar-refractivity contribution in [3.8, 4) is 0 Å². The van der Waals surface area contributed by atoms with Crippen molar-refractivity contribution in [2.24, 2.45) is 0 Å². The van der Waals surface area contributed by atoms with Crippen LogP contribution in [0.1, 0.15) is 64.2 Å². The molecule has 6 heteroatoms. The summed E-state index contributed by atoms with van der Waals surface area (Å²) in [6.07, 6.45) is 10.4. The van der Waals surface area contributed by atoms with Gasteiger partial charge >= 0.3 is 5.96 Å². The highest BCUT2D eigenvalue weighted by atomic mass is 16.5. The molecule has 0 bridgehead atoms. The summed E-state index contributed by atoms with van der Waals surface area (Å²) in [5, 5.41) is 18.1. The van der Waals surface area contributed by atoms with Crippen molar-refractivity contribution in [3.05, 3.63) is 0 Å². The van der Waals surface area contributed by atoms with Crippen LogP contribution in [-0.2, 0) is 9.47 Å². The molecular formula is C18H30N3O3+. The minimum atomic E-state index is -0.305. The van der Waals surface area contributed by atoms with Gasteiger partial charge in [0.15, 0.2) is 11.4 Å². The lowest BCUT2D eigenvalue weighted by Crippen LogP contribution is -2.72. The van der Waals surface area contributed by atoms with Gasteiger partial charge in [-0.15, -0.1) is 0 Å². The number of guanidine groups is 1. The molecule has 3 saturated heterocycles. The second-order valence-electron chi connectivity index (χ2n) is 8.39. The van der Waals surface area contributed by atoms with Gasteiger partial charge in [-0.3, -0.25) is 4.58 Å². The van der Waals surface area contributed by atoms with Crippen molar-refractivity contribution < 1.29 is 19.2 Å². The Kier molecular flexibility index (Phi) is 3.58. The minimum absolute atomic E-state index is 0.167. The maximum Gasteiger partial charge on any atom is 0.351 e. The molecule has 24 heavy (non-hydrogen) atoms. The van der Waals surface area contributed by atoms with Crippen LogP contribution in [0.3, 0.4) is 0 Å². The summed E-state index contributed by atoms with van der Waals surface area (Å²) < 4.78 is 14.9. The molecule has 0 unspecified atom stereocenters. The molecule has 2 spiro atoms. The minimum Gasteiger partial charge on any atom is -0.389 e. The molecule has 5 aliphatic rings. The number of nitrogens with zero attached hydrogens (tertiary/aromatic N) is 1. The van der Waals surface area contributed by atoms with Crippen molar-refractivity contribution in [1.29, 1.82) is 0 Å². The summed E-state index contributed by atoms with van der Waals surface area (Å²) in [4.78, 5) is 0. The smallest absolute Gasteiger partial charge is 0.351 e. The van der Waals surface area contributed by atoms with Crippen LogP contribution in [0.4, 0.5) is 0 Å². The quantitative estimate of drug-likeness (QED) is 0.577. The highest BCUT2D eigenvalue weighted by Crippen LogP contribution is 2.41. The van der Waals surface area contributed by atoms with E-state index in [9.17, 15) is 5.11 Å². The van der Waals surface area contributed by atoms with Gasteiger partial charge in [0, 0.05) is 32.1 Å². The Morgan fingerprint density at radius 2 is 1.58 bits per heavy atom. The van der Waals surface area contributed by atoms with E-state index < -0.39 is 0 Å².